The lowest BCUT2D eigenvalue weighted by molar-refractivity contribution is 0.102. The first-order valence-corrected chi connectivity index (χ1v) is 6.29. The number of aliphatic hydroxyl groups is 1. The van der Waals surface area contributed by atoms with Crippen LogP contribution >= 0.6 is 0 Å². The average Bonchev–Trinajstić information content (AvgIpc) is 2.32. The van der Waals surface area contributed by atoms with E-state index in [9.17, 15) is 13.9 Å². The maximum Gasteiger partial charge on any atom is 0.164 e. The predicted molar refractivity (Wildman–Crippen MR) is 68.3 cm³/mol. The molecule has 1 N–H and O–H groups in total. The molecule has 4 heteroatoms. The third-order valence-corrected chi connectivity index (χ3v) is 3.26. The van der Waals surface area contributed by atoms with Gasteiger partial charge in [0.05, 0.1) is 6.10 Å². The van der Waals surface area contributed by atoms with E-state index in [2.05, 4.69) is 13.8 Å². The Kier molecular flexibility index (Phi) is 5.69. The number of nitrogens with zero attached hydrogens (tertiary/aromatic N) is 1. The topological polar surface area (TPSA) is 23.5 Å². The Morgan fingerprint density at radius 2 is 2.00 bits per heavy atom. The van der Waals surface area contributed by atoms with Crippen molar-refractivity contribution >= 4 is 0 Å². The second kappa shape index (κ2) is 6.81. The fourth-order valence-electron chi connectivity index (χ4n) is 1.97. The van der Waals surface area contributed by atoms with Crippen molar-refractivity contribution in [1.29, 1.82) is 0 Å². The SMILES string of the molecule is CCCC(C)N(C)CC(O)c1cccc(F)c1F. The molecule has 0 saturated carbocycles. The van der Waals surface area contributed by atoms with Crippen LogP contribution in [0.3, 0.4) is 0 Å². The summed E-state index contributed by atoms with van der Waals surface area (Å²) in [6, 6.07) is 4.18. The standard InChI is InChI=1S/C14H21F2NO/c1-4-6-10(2)17(3)9-13(18)11-7-5-8-12(15)14(11)16/h5,7-8,10,13,18H,4,6,9H2,1-3H3. The lowest BCUT2D eigenvalue weighted by atomic mass is 10.1. The summed E-state index contributed by atoms with van der Waals surface area (Å²) >= 11 is 0. The summed E-state index contributed by atoms with van der Waals surface area (Å²) in [5, 5.41) is 9.96. The largest absolute Gasteiger partial charge is 0.387 e. The first-order valence-electron chi connectivity index (χ1n) is 6.29. The van der Waals surface area contributed by atoms with Crippen LogP contribution < -0.4 is 0 Å². The molecule has 0 amide bonds. The van der Waals surface area contributed by atoms with E-state index in [0.29, 0.717) is 12.6 Å². The summed E-state index contributed by atoms with van der Waals surface area (Å²) in [4.78, 5) is 1.96. The average molecular weight is 257 g/mol. The van der Waals surface area contributed by atoms with Crippen LogP contribution in [0.1, 0.15) is 38.4 Å². The highest BCUT2D eigenvalue weighted by Crippen LogP contribution is 2.20. The zero-order valence-electron chi connectivity index (χ0n) is 11.2. The van der Waals surface area contributed by atoms with E-state index in [1.54, 1.807) is 0 Å². The van der Waals surface area contributed by atoms with Crippen molar-refractivity contribution in [3.05, 3.63) is 35.4 Å². The second-order valence-corrected chi connectivity index (χ2v) is 4.74. The van der Waals surface area contributed by atoms with Gasteiger partial charge in [0.2, 0.25) is 0 Å². The van der Waals surface area contributed by atoms with E-state index in [1.165, 1.54) is 12.1 Å². The molecule has 0 aliphatic heterocycles. The van der Waals surface area contributed by atoms with Crippen LogP contribution in [-0.4, -0.2) is 29.6 Å². The number of rotatable bonds is 6. The quantitative estimate of drug-likeness (QED) is 0.846. The molecule has 1 aromatic rings. The highest BCUT2D eigenvalue weighted by molar-refractivity contribution is 5.21. The first-order chi connectivity index (χ1) is 8.47. The van der Waals surface area contributed by atoms with Gasteiger partial charge in [-0.2, -0.15) is 0 Å². The molecule has 18 heavy (non-hydrogen) atoms. The molecule has 0 spiro atoms. The van der Waals surface area contributed by atoms with Gasteiger partial charge in [0, 0.05) is 18.2 Å². The maximum atomic E-state index is 13.5. The summed E-state index contributed by atoms with van der Waals surface area (Å²) in [7, 11) is 1.88. The minimum Gasteiger partial charge on any atom is -0.387 e. The van der Waals surface area contributed by atoms with Crippen molar-refractivity contribution in [2.24, 2.45) is 0 Å². The highest BCUT2D eigenvalue weighted by atomic mass is 19.2. The summed E-state index contributed by atoms with van der Waals surface area (Å²) in [5.41, 5.74) is 0.0190. The van der Waals surface area contributed by atoms with E-state index in [0.717, 1.165) is 18.9 Å². The van der Waals surface area contributed by atoms with Gasteiger partial charge in [0.15, 0.2) is 11.6 Å². The van der Waals surface area contributed by atoms with Gasteiger partial charge in [-0.1, -0.05) is 25.5 Å². The Morgan fingerprint density at radius 1 is 1.33 bits per heavy atom. The number of halogens is 2. The third kappa shape index (κ3) is 3.75. The molecule has 1 aromatic carbocycles. The molecular formula is C14H21F2NO. The van der Waals surface area contributed by atoms with Crippen molar-refractivity contribution in [3.63, 3.8) is 0 Å². The molecule has 0 heterocycles. The number of aliphatic hydroxyl groups excluding tert-OH is 1. The molecule has 0 saturated heterocycles. The van der Waals surface area contributed by atoms with Gasteiger partial charge < -0.3 is 10.0 Å². The van der Waals surface area contributed by atoms with Gasteiger partial charge in [-0.05, 0) is 26.5 Å². The van der Waals surface area contributed by atoms with Gasteiger partial charge in [0.1, 0.15) is 0 Å². The zero-order chi connectivity index (χ0) is 13.7. The summed E-state index contributed by atoms with van der Waals surface area (Å²) in [6.07, 6.45) is 1.05. The molecule has 2 unspecified atom stereocenters. The lowest BCUT2D eigenvalue weighted by Crippen LogP contribution is -2.33. The Hall–Kier alpha value is -1.00. The minimum atomic E-state index is -1.01. The summed E-state index contributed by atoms with van der Waals surface area (Å²) in [6.45, 7) is 4.44. The normalized spacial score (nSPS) is 14.8. The van der Waals surface area contributed by atoms with E-state index < -0.39 is 17.7 Å². The molecule has 0 fully saturated rings. The van der Waals surface area contributed by atoms with Crippen LogP contribution in [0.5, 0.6) is 0 Å². The van der Waals surface area contributed by atoms with Gasteiger partial charge in [0.25, 0.3) is 0 Å². The number of hydrogen-bond donors (Lipinski definition) is 1. The summed E-state index contributed by atoms with van der Waals surface area (Å²) in [5.74, 6) is -1.88. The van der Waals surface area contributed by atoms with E-state index >= 15 is 0 Å². The van der Waals surface area contributed by atoms with Crippen molar-refractivity contribution in [1.82, 2.24) is 4.90 Å². The van der Waals surface area contributed by atoms with Gasteiger partial charge in [-0.25, -0.2) is 8.78 Å². The monoisotopic (exact) mass is 257 g/mol. The minimum absolute atomic E-state index is 0.0190. The van der Waals surface area contributed by atoms with Crippen molar-refractivity contribution in [2.75, 3.05) is 13.6 Å². The first kappa shape index (κ1) is 15.1. The predicted octanol–water partition coefficient (Wildman–Crippen LogP) is 3.12. The van der Waals surface area contributed by atoms with Crippen LogP contribution in [0.25, 0.3) is 0 Å². The molecule has 0 aliphatic carbocycles. The number of hydrogen-bond acceptors (Lipinski definition) is 2. The Morgan fingerprint density at radius 3 is 2.61 bits per heavy atom. The van der Waals surface area contributed by atoms with Crippen LogP contribution in [0.4, 0.5) is 8.78 Å². The molecule has 0 bridgehead atoms. The zero-order valence-corrected chi connectivity index (χ0v) is 11.2. The van der Waals surface area contributed by atoms with Gasteiger partial charge >= 0.3 is 0 Å². The molecule has 1 rings (SSSR count). The Balaban J connectivity index is 2.70. The highest BCUT2D eigenvalue weighted by Gasteiger charge is 2.19. The van der Waals surface area contributed by atoms with E-state index in [4.69, 9.17) is 0 Å². The van der Waals surface area contributed by atoms with Gasteiger partial charge in [-0.15, -0.1) is 0 Å². The molecule has 2 nitrogen and oxygen atoms in total. The van der Waals surface area contributed by atoms with E-state index in [1.807, 2.05) is 11.9 Å². The van der Waals surface area contributed by atoms with Crippen LogP contribution in [0, 0.1) is 11.6 Å². The molecular weight excluding hydrogens is 236 g/mol. The number of likely N-dealkylation sites (N-methyl/N-ethyl adjacent to an activating group) is 1. The Labute approximate surface area is 107 Å². The molecule has 2 atom stereocenters. The van der Waals surface area contributed by atoms with Crippen LogP contribution in [-0.2, 0) is 0 Å². The Bertz CT molecular complexity index is 384. The molecule has 0 radical (unpaired) electrons. The summed E-state index contributed by atoms with van der Waals surface area (Å²) < 4.78 is 26.6. The van der Waals surface area contributed by atoms with Crippen molar-refractivity contribution in [2.45, 2.75) is 38.8 Å². The van der Waals surface area contributed by atoms with Crippen LogP contribution in [0.15, 0.2) is 18.2 Å². The molecule has 0 aliphatic rings. The number of benzene rings is 1. The van der Waals surface area contributed by atoms with Crippen molar-refractivity contribution in [3.8, 4) is 0 Å². The van der Waals surface area contributed by atoms with Crippen LogP contribution in [0.2, 0.25) is 0 Å². The lowest BCUT2D eigenvalue weighted by Gasteiger charge is -2.27. The molecule has 0 aromatic heterocycles. The van der Waals surface area contributed by atoms with E-state index in [-0.39, 0.29) is 5.56 Å². The third-order valence-electron chi connectivity index (χ3n) is 3.26. The fourth-order valence-corrected chi connectivity index (χ4v) is 1.97. The maximum absolute atomic E-state index is 13.5. The van der Waals surface area contributed by atoms with Gasteiger partial charge in [-0.3, -0.25) is 0 Å². The second-order valence-electron chi connectivity index (χ2n) is 4.74. The molecule has 102 valence electrons. The van der Waals surface area contributed by atoms with Crippen molar-refractivity contribution < 1.29 is 13.9 Å². The fraction of sp³-hybridized carbons (Fsp3) is 0.571. The smallest absolute Gasteiger partial charge is 0.164 e.